The lowest BCUT2D eigenvalue weighted by Gasteiger charge is -2.15. The number of anilines is 2. The number of esters is 1. The van der Waals surface area contributed by atoms with Gasteiger partial charge in [-0.1, -0.05) is 30.3 Å². The zero-order chi connectivity index (χ0) is 25.6. The number of rotatable bonds is 8. The van der Waals surface area contributed by atoms with E-state index in [2.05, 4.69) is 15.3 Å². The number of alkyl halides is 3. The summed E-state index contributed by atoms with van der Waals surface area (Å²) in [6, 6.07) is 12.8. The number of ether oxygens (including phenoxy) is 3. The van der Waals surface area contributed by atoms with Crippen molar-refractivity contribution < 1.29 is 32.2 Å². The molecule has 0 aliphatic heterocycles. The molecule has 0 spiro atoms. The number of carbonyl (C=O) groups is 1. The maximum atomic E-state index is 13.5. The van der Waals surface area contributed by atoms with Crippen molar-refractivity contribution in [3.8, 4) is 5.88 Å². The summed E-state index contributed by atoms with van der Waals surface area (Å²) in [5, 5.41) is 2.80. The van der Waals surface area contributed by atoms with Gasteiger partial charge in [-0.3, -0.25) is 0 Å². The van der Waals surface area contributed by atoms with E-state index in [0.29, 0.717) is 16.8 Å². The summed E-state index contributed by atoms with van der Waals surface area (Å²) in [5.74, 6) is -1.19. The summed E-state index contributed by atoms with van der Waals surface area (Å²) < 4.78 is 55.9. The second-order valence-corrected chi connectivity index (χ2v) is 7.54. The second kappa shape index (κ2) is 10.9. The number of methoxy groups -OCH3 is 2. The predicted molar refractivity (Wildman–Crippen MR) is 124 cm³/mol. The SMILES string of the molecule is CO/C=C(/C(=O)OC)c1ccccc1COc1cc(C(F)(F)F)nc(Nc2ccc(C)c(C)c2)n1. The maximum absolute atomic E-state index is 13.5. The lowest BCUT2D eigenvalue weighted by atomic mass is 10.0. The Labute approximate surface area is 200 Å². The van der Waals surface area contributed by atoms with Crippen LogP contribution in [0, 0.1) is 13.8 Å². The van der Waals surface area contributed by atoms with Crippen LogP contribution < -0.4 is 10.1 Å². The summed E-state index contributed by atoms with van der Waals surface area (Å²) in [7, 11) is 2.61. The van der Waals surface area contributed by atoms with Crippen molar-refractivity contribution in [1.82, 2.24) is 9.97 Å². The van der Waals surface area contributed by atoms with Crippen molar-refractivity contribution in [1.29, 1.82) is 0 Å². The summed E-state index contributed by atoms with van der Waals surface area (Å²) in [6.45, 7) is 3.64. The van der Waals surface area contributed by atoms with Crippen LogP contribution in [0.4, 0.5) is 24.8 Å². The molecule has 3 aromatic rings. The number of carbonyl (C=O) groups excluding carboxylic acids is 1. The molecule has 0 atom stereocenters. The Bertz CT molecular complexity index is 1240. The van der Waals surface area contributed by atoms with E-state index in [4.69, 9.17) is 14.2 Å². The van der Waals surface area contributed by atoms with Gasteiger partial charge >= 0.3 is 12.1 Å². The fraction of sp³-hybridized carbons (Fsp3) is 0.240. The molecule has 0 saturated carbocycles. The normalized spacial score (nSPS) is 11.7. The minimum absolute atomic E-state index is 0.130. The van der Waals surface area contributed by atoms with Crippen molar-refractivity contribution in [3.05, 3.63) is 82.7 Å². The number of nitrogens with one attached hydrogen (secondary N) is 1. The summed E-state index contributed by atoms with van der Waals surface area (Å²) in [4.78, 5) is 19.9. The monoisotopic (exact) mass is 487 g/mol. The van der Waals surface area contributed by atoms with Gasteiger partial charge in [-0.25, -0.2) is 9.78 Å². The third-order valence-electron chi connectivity index (χ3n) is 5.08. The minimum atomic E-state index is -4.71. The molecule has 0 unspecified atom stereocenters. The Morgan fingerprint density at radius 3 is 2.43 bits per heavy atom. The highest BCUT2D eigenvalue weighted by atomic mass is 19.4. The molecule has 0 radical (unpaired) electrons. The van der Waals surface area contributed by atoms with Gasteiger partial charge in [-0.05, 0) is 48.2 Å². The molecule has 3 rings (SSSR count). The lowest BCUT2D eigenvalue weighted by Crippen LogP contribution is -2.12. The topological polar surface area (TPSA) is 82.6 Å². The van der Waals surface area contributed by atoms with Gasteiger partial charge in [0.05, 0.1) is 20.5 Å². The number of halogens is 3. The molecule has 1 aromatic heterocycles. The average molecular weight is 487 g/mol. The van der Waals surface area contributed by atoms with Crippen LogP contribution in [0.5, 0.6) is 5.88 Å². The molecule has 0 aliphatic rings. The van der Waals surface area contributed by atoms with Crippen molar-refractivity contribution in [3.63, 3.8) is 0 Å². The van der Waals surface area contributed by atoms with Crippen LogP contribution in [0.15, 0.2) is 54.8 Å². The molecule has 184 valence electrons. The van der Waals surface area contributed by atoms with Gasteiger partial charge in [0.2, 0.25) is 11.8 Å². The van der Waals surface area contributed by atoms with E-state index in [1.807, 2.05) is 19.9 Å². The Hall–Kier alpha value is -4.08. The number of aryl methyl sites for hydroxylation is 2. The van der Waals surface area contributed by atoms with Gasteiger partial charge in [-0.2, -0.15) is 18.2 Å². The van der Waals surface area contributed by atoms with Crippen LogP contribution in [-0.4, -0.2) is 30.2 Å². The van der Waals surface area contributed by atoms with Gasteiger partial charge in [0.25, 0.3) is 0 Å². The first-order chi connectivity index (χ1) is 16.6. The highest BCUT2D eigenvalue weighted by Crippen LogP contribution is 2.31. The number of benzene rings is 2. The van der Waals surface area contributed by atoms with E-state index in [0.717, 1.165) is 17.2 Å². The number of nitrogens with zero attached hydrogens (tertiary/aromatic N) is 2. The molecule has 0 saturated heterocycles. The molecule has 7 nitrogen and oxygen atoms in total. The van der Waals surface area contributed by atoms with E-state index < -0.39 is 17.8 Å². The average Bonchev–Trinajstić information content (AvgIpc) is 2.82. The summed E-state index contributed by atoms with van der Waals surface area (Å²) in [6.07, 6.45) is -3.49. The van der Waals surface area contributed by atoms with E-state index in [-0.39, 0.29) is 24.0 Å². The molecule has 0 aliphatic carbocycles. The summed E-state index contributed by atoms with van der Waals surface area (Å²) in [5.41, 5.74) is 2.46. The molecule has 1 N–H and O–H groups in total. The van der Waals surface area contributed by atoms with Crippen molar-refractivity contribution >= 4 is 23.2 Å². The van der Waals surface area contributed by atoms with E-state index in [1.54, 1.807) is 36.4 Å². The second-order valence-electron chi connectivity index (χ2n) is 7.54. The number of hydrogen-bond donors (Lipinski definition) is 1. The first kappa shape index (κ1) is 25.5. The first-order valence-corrected chi connectivity index (χ1v) is 10.4. The van der Waals surface area contributed by atoms with Gasteiger partial charge in [0, 0.05) is 11.8 Å². The van der Waals surface area contributed by atoms with Gasteiger partial charge in [0.15, 0.2) is 5.69 Å². The molecule has 0 amide bonds. The van der Waals surface area contributed by atoms with Crippen LogP contribution in [0.1, 0.15) is 27.9 Å². The fourth-order valence-electron chi connectivity index (χ4n) is 3.16. The van der Waals surface area contributed by atoms with Crippen LogP contribution in [0.25, 0.3) is 5.57 Å². The largest absolute Gasteiger partial charge is 0.503 e. The molecular formula is C25H24F3N3O4. The molecule has 1 heterocycles. The van der Waals surface area contributed by atoms with Crippen LogP contribution in [0.3, 0.4) is 0 Å². The summed E-state index contributed by atoms with van der Waals surface area (Å²) >= 11 is 0. The van der Waals surface area contributed by atoms with Crippen LogP contribution in [-0.2, 0) is 27.1 Å². The van der Waals surface area contributed by atoms with Gasteiger partial charge in [-0.15, -0.1) is 0 Å². The van der Waals surface area contributed by atoms with Crippen molar-refractivity contribution in [2.45, 2.75) is 26.6 Å². The molecular weight excluding hydrogens is 463 g/mol. The smallest absolute Gasteiger partial charge is 0.433 e. The standard InChI is InChI=1S/C25H24F3N3O4/c1-15-9-10-18(11-16(15)2)29-24-30-21(25(26,27)28)12-22(31-24)35-13-17-7-5-6-8-19(17)20(14-33-3)23(32)34-4/h5-12,14H,13H2,1-4H3,(H,29,30,31)/b20-14+. The van der Waals surface area contributed by atoms with E-state index in [9.17, 15) is 18.0 Å². The lowest BCUT2D eigenvalue weighted by molar-refractivity contribution is -0.141. The molecule has 0 fully saturated rings. The van der Waals surface area contributed by atoms with Gasteiger partial charge in [0.1, 0.15) is 12.2 Å². The molecule has 0 bridgehead atoms. The quantitative estimate of drug-likeness (QED) is 0.252. The molecule has 10 heteroatoms. The van der Waals surface area contributed by atoms with Crippen LogP contribution >= 0.6 is 0 Å². The van der Waals surface area contributed by atoms with E-state index >= 15 is 0 Å². The number of hydrogen-bond acceptors (Lipinski definition) is 7. The van der Waals surface area contributed by atoms with Crippen LogP contribution in [0.2, 0.25) is 0 Å². The minimum Gasteiger partial charge on any atom is -0.503 e. The highest BCUT2D eigenvalue weighted by Gasteiger charge is 2.34. The van der Waals surface area contributed by atoms with Crippen molar-refractivity contribution in [2.24, 2.45) is 0 Å². The zero-order valence-electron chi connectivity index (χ0n) is 19.6. The fourth-order valence-corrected chi connectivity index (χ4v) is 3.16. The third-order valence-corrected chi connectivity index (χ3v) is 5.08. The molecule has 2 aromatic carbocycles. The molecule has 35 heavy (non-hydrogen) atoms. The Kier molecular flexibility index (Phi) is 7.95. The first-order valence-electron chi connectivity index (χ1n) is 10.4. The number of aromatic nitrogens is 2. The van der Waals surface area contributed by atoms with Gasteiger partial charge < -0.3 is 19.5 Å². The van der Waals surface area contributed by atoms with Crippen molar-refractivity contribution in [2.75, 3.05) is 19.5 Å². The Morgan fingerprint density at radius 1 is 1.03 bits per heavy atom. The Balaban J connectivity index is 1.92. The third kappa shape index (κ3) is 6.50. The maximum Gasteiger partial charge on any atom is 0.433 e. The van der Waals surface area contributed by atoms with E-state index in [1.165, 1.54) is 20.5 Å². The highest BCUT2D eigenvalue weighted by molar-refractivity contribution is 6.16. The Morgan fingerprint density at radius 2 is 1.77 bits per heavy atom. The zero-order valence-corrected chi connectivity index (χ0v) is 19.6. The predicted octanol–water partition coefficient (Wildman–Crippen LogP) is 5.60.